The van der Waals surface area contributed by atoms with Gasteiger partial charge in [0, 0.05) is 32.2 Å². The van der Waals surface area contributed by atoms with E-state index in [4.69, 9.17) is 0 Å². The molecule has 0 radical (unpaired) electrons. The molecule has 4 atom stereocenters. The molecule has 3 fully saturated rings. The maximum atomic E-state index is 12.6. The Morgan fingerprint density at radius 1 is 1.10 bits per heavy atom. The molecule has 0 aromatic heterocycles. The third-order valence-electron chi connectivity index (χ3n) is 7.52. The zero-order valence-electron chi connectivity index (χ0n) is 17.9. The van der Waals surface area contributed by atoms with Crippen molar-refractivity contribution in [1.29, 1.82) is 0 Å². The van der Waals surface area contributed by atoms with E-state index in [1.807, 2.05) is 23.1 Å². The van der Waals surface area contributed by atoms with Crippen LogP contribution in [-0.2, 0) is 16.0 Å². The molecule has 0 spiro atoms. The Morgan fingerprint density at radius 2 is 1.86 bits per heavy atom. The van der Waals surface area contributed by atoms with Crippen LogP contribution >= 0.6 is 0 Å². The Kier molecular flexibility index (Phi) is 6.23. The summed E-state index contributed by atoms with van der Waals surface area (Å²) in [5.41, 5.74) is 2.27. The molecule has 1 aromatic rings. The van der Waals surface area contributed by atoms with E-state index in [0.717, 1.165) is 30.5 Å². The van der Waals surface area contributed by atoms with Crippen molar-refractivity contribution in [3.8, 4) is 0 Å². The first-order valence-electron chi connectivity index (χ1n) is 11.3. The van der Waals surface area contributed by atoms with Gasteiger partial charge in [0.05, 0.1) is 13.0 Å². The minimum absolute atomic E-state index is 0.139. The van der Waals surface area contributed by atoms with Gasteiger partial charge in [-0.2, -0.15) is 0 Å². The van der Waals surface area contributed by atoms with Crippen LogP contribution in [0.1, 0.15) is 43.7 Å². The van der Waals surface area contributed by atoms with Crippen LogP contribution in [0.3, 0.4) is 0 Å². The average molecular weight is 398 g/mol. The number of amides is 2. The molecular weight excluding hydrogens is 362 g/mol. The van der Waals surface area contributed by atoms with Crippen LogP contribution in [0.4, 0.5) is 0 Å². The van der Waals surface area contributed by atoms with Crippen molar-refractivity contribution in [2.45, 2.75) is 52.0 Å². The summed E-state index contributed by atoms with van der Waals surface area (Å²) in [5.74, 6) is 2.75. The fourth-order valence-electron chi connectivity index (χ4n) is 5.75. The number of aryl methyl sites for hydroxylation is 1. The Labute approximate surface area is 174 Å². The minimum Gasteiger partial charge on any atom is -0.352 e. The minimum atomic E-state index is 0.139. The molecule has 2 amide bonds. The van der Waals surface area contributed by atoms with E-state index in [1.165, 1.54) is 31.2 Å². The monoisotopic (exact) mass is 397 g/mol. The van der Waals surface area contributed by atoms with Gasteiger partial charge in [0.2, 0.25) is 11.8 Å². The number of nitrogens with zero attached hydrogens (tertiary/aromatic N) is 2. The summed E-state index contributed by atoms with van der Waals surface area (Å²) in [6.45, 7) is 7.65. The van der Waals surface area contributed by atoms with Gasteiger partial charge in [-0.1, -0.05) is 30.7 Å². The van der Waals surface area contributed by atoms with Gasteiger partial charge in [0.15, 0.2) is 0 Å². The number of piperazine rings is 1. The van der Waals surface area contributed by atoms with Gasteiger partial charge in [-0.3, -0.25) is 14.5 Å². The number of hydrogen-bond donors (Lipinski definition) is 1. The highest BCUT2D eigenvalue weighted by Crippen LogP contribution is 2.49. The first-order valence-corrected chi connectivity index (χ1v) is 11.3. The second kappa shape index (κ2) is 8.86. The second-order valence-corrected chi connectivity index (χ2v) is 9.46. The quantitative estimate of drug-likeness (QED) is 0.803. The molecule has 4 unspecified atom stereocenters. The smallest absolute Gasteiger partial charge is 0.234 e. The van der Waals surface area contributed by atoms with E-state index in [0.29, 0.717) is 32.0 Å². The molecule has 4 rings (SSSR count). The van der Waals surface area contributed by atoms with E-state index in [-0.39, 0.29) is 17.9 Å². The Hall–Kier alpha value is -1.88. The predicted octanol–water partition coefficient (Wildman–Crippen LogP) is 2.62. The summed E-state index contributed by atoms with van der Waals surface area (Å²) in [4.78, 5) is 29.3. The summed E-state index contributed by atoms with van der Waals surface area (Å²) in [6.07, 6.45) is 5.90. The lowest BCUT2D eigenvalue weighted by Gasteiger charge is -2.35. The highest BCUT2D eigenvalue weighted by molar-refractivity contribution is 5.80. The van der Waals surface area contributed by atoms with E-state index in [1.54, 1.807) is 0 Å². The second-order valence-electron chi connectivity index (χ2n) is 9.46. The fraction of sp³-hybridized carbons (Fsp3) is 0.667. The van der Waals surface area contributed by atoms with Crippen molar-refractivity contribution < 1.29 is 9.59 Å². The lowest BCUT2D eigenvalue weighted by molar-refractivity contribution is -0.132. The molecule has 2 saturated carbocycles. The van der Waals surface area contributed by atoms with Crippen molar-refractivity contribution in [2.75, 3.05) is 32.7 Å². The maximum Gasteiger partial charge on any atom is 0.234 e. The van der Waals surface area contributed by atoms with Crippen LogP contribution in [0.2, 0.25) is 0 Å². The van der Waals surface area contributed by atoms with Gasteiger partial charge >= 0.3 is 0 Å². The molecule has 2 aliphatic carbocycles. The summed E-state index contributed by atoms with van der Waals surface area (Å²) in [7, 11) is 0. The van der Waals surface area contributed by atoms with Crippen molar-refractivity contribution >= 4 is 11.8 Å². The summed E-state index contributed by atoms with van der Waals surface area (Å²) in [5, 5.41) is 3.27. The van der Waals surface area contributed by atoms with Crippen LogP contribution in [0.25, 0.3) is 0 Å². The van der Waals surface area contributed by atoms with Crippen molar-refractivity contribution in [2.24, 2.45) is 17.8 Å². The molecule has 2 bridgehead atoms. The number of hydrogen-bond acceptors (Lipinski definition) is 3. The van der Waals surface area contributed by atoms with E-state index >= 15 is 0 Å². The van der Waals surface area contributed by atoms with Gasteiger partial charge in [0.1, 0.15) is 0 Å². The molecule has 1 heterocycles. The highest BCUT2D eigenvalue weighted by atomic mass is 16.2. The van der Waals surface area contributed by atoms with Gasteiger partial charge in [-0.15, -0.1) is 0 Å². The predicted molar refractivity (Wildman–Crippen MR) is 114 cm³/mol. The number of fused-ring (bicyclic) bond motifs is 2. The third kappa shape index (κ3) is 4.82. The van der Waals surface area contributed by atoms with Gasteiger partial charge in [0.25, 0.3) is 0 Å². The number of rotatable bonds is 6. The molecule has 1 saturated heterocycles. The van der Waals surface area contributed by atoms with Crippen molar-refractivity contribution in [3.05, 3.63) is 35.4 Å². The standard InChI is InChI=1S/C24H35N3O2/c1-17-5-3-4-6-20(17)15-24(29)27-11-9-26(10-12-27)16-23(28)25-18(2)22-14-19-7-8-21(22)13-19/h3-6,18-19,21-22H,7-16H2,1-2H3,(H,25,28). The number of carbonyl (C=O) groups is 2. The van der Waals surface area contributed by atoms with Crippen LogP contribution in [0, 0.1) is 24.7 Å². The zero-order chi connectivity index (χ0) is 20.4. The van der Waals surface area contributed by atoms with Crippen molar-refractivity contribution in [1.82, 2.24) is 15.1 Å². The van der Waals surface area contributed by atoms with Gasteiger partial charge in [-0.25, -0.2) is 0 Å². The number of carbonyl (C=O) groups excluding carboxylic acids is 2. The van der Waals surface area contributed by atoms with Crippen LogP contribution in [0.15, 0.2) is 24.3 Å². The van der Waals surface area contributed by atoms with Gasteiger partial charge in [-0.05, 0) is 62.0 Å². The Balaban J connectivity index is 1.19. The SMILES string of the molecule is Cc1ccccc1CC(=O)N1CCN(CC(=O)NC(C)C2CC3CCC2C3)CC1. The first-order chi connectivity index (χ1) is 14.0. The largest absolute Gasteiger partial charge is 0.352 e. The Morgan fingerprint density at radius 3 is 2.52 bits per heavy atom. The third-order valence-corrected chi connectivity index (χ3v) is 7.52. The van der Waals surface area contributed by atoms with E-state index in [2.05, 4.69) is 30.1 Å². The molecule has 5 nitrogen and oxygen atoms in total. The molecule has 1 aromatic carbocycles. The van der Waals surface area contributed by atoms with Gasteiger partial charge < -0.3 is 10.2 Å². The fourth-order valence-corrected chi connectivity index (χ4v) is 5.75. The van der Waals surface area contributed by atoms with Crippen molar-refractivity contribution in [3.63, 3.8) is 0 Å². The van der Waals surface area contributed by atoms with Crippen LogP contribution < -0.4 is 5.32 Å². The zero-order valence-corrected chi connectivity index (χ0v) is 17.9. The first kappa shape index (κ1) is 20.4. The van der Waals surface area contributed by atoms with Crippen LogP contribution in [-0.4, -0.2) is 60.4 Å². The molecule has 29 heavy (non-hydrogen) atoms. The highest BCUT2D eigenvalue weighted by Gasteiger charge is 2.42. The summed E-state index contributed by atoms with van der Waals surface area (Å²) >= 11 is 0. The molecule has 1 N–H and O–H groups in total. The molecule has 5 heteroatoms. The van der Waals surface area contributed by atoms with E-state index in [9.17, 15) is 9.59 Å². The Bertz CT molecular complexity index is 741. The maximum absolute atomic E-state index is 12.6. The normalized spacial score (nSPS) is 27.8. The lowest BCUT2D eigenvalue weighted by atomic mass is 9.84. The molecule has 158 valence electrons. The molecule has 1 aliphatic heterocycles. The summed E-state index contributed by atoms with van der Waals surface area (Å²) < 4.78 is 0. The molecule has 3 aliphatic rings. The molecular formula is C24H35N3O2. The average Bonchev–Trinajstić information content (AvgIpc) is 3.34. The number of benzene rings is 1. The lowest BCUT2D eigenvalue weighted by Crippen LogP contribution is -2.52. The topological polar surface area (TPSA) is 52.7 Å². The summed E-state index contributed by atoms with van der Waals surface area (Å²) in [6, 6.07) is 8.37. The number of nitrogens with one attached hydrogen (secondary N) is 1. The van der Waals surface area contributed by atoms with E-state index < -0.39 is 0 Å². The van der Waals surface area contributed by atoms with Crippen LogP contribution in [0.5, 0.6) is 0 Å².